The SMILES string of the molecule is CC[C@H](NC(=O)c1ccc(C)cc1F)C1CC(O)C1. The third-order valence-electron chi connectivity index (χ3n) is 3.84. The Morgan fingerprint density at radius 2 is 2.21 bits per heavy atom. The van der Waals surface area contributed by atoms with Gasteiger partial charge >= 0.3 is 0 Å². The number of aliphatic hydroxyl groups excluding tert-OH is 1. The van der Waals surface area contributed by atoms with Gasteiger partial charge in [0.25, 0.3) is 5.91 Å². The van der Waals surface area contributed by atoms with Crippen LogP contribution in [0.3, 0.4) is 0 Å². The predicted molar refractivity (Wildman–Crippen MR) is 71.4 cm³/mol. The third kappa shape index (κ3) is 3.13. The summed E-state index contributed by atoms with van der Waals surface area (Å²) in [4.78, 5) is 12.1. The van der Waals surface area contributed by atoms with Crippen LogP contribution in [0.15, 0.2) is 18.2 Å². The van der Waals surface area contributed by atoms with Crippen molar-refractivity contribution in [2.75, 3.05) is 0 Å². The normalized spacial score (nSPS) is 23.6. The molecule has 1 saturated carbocycles. The molecule has 0 spiro atoms. The lowest BCUT2D eigenvalue weighted by atomic mass is 9.76. The summed E-state index contributed by atoms with van der Waals surface area (Å²) in [5, 5.41) is 12.2. The van der Waals surface area contributed by atoms with Crippen LogP contribution in [0.1, 0.15) is 42.1 Å². The minimum absolute atomic E-state index is 0.0107. The van der Waals surface area contributed by atoms with Crippen LogP contribution in [0.25, 0.3) is 0 Å². The predicted octanol–water partition coefficient (Wildman–Crippen LogP) is 2.41. The van der Waals surface area contributed by atoms with E-state index in [2.05, 4.69) is 5.32 Å². The van der Waals surface area contributed by atoms with E-state index in [0.29, 0.717) is 5.92 Å². The highest BCUT2D eigenvalue weighted by Crippen LogP contribution is 2.31. The van der Waals surface area contributed by atoms with E-state index < -0.39 is 5.82 Å². The maximum absolute atomic E-state index is 13.7. The summed E-state index contributed by atoms with van der Waals surface area (Å²) in [6, 6.07) is 4.62. The summed E-state index contributed by atoms with van der Waals surface area (Å²) in [5.74, 6) is -0.552. The number of nitrogens with one attached hydrogen (secondary N) is 1. The quantitative estimate of drug-likeness (QED) is 0.878. The summed E-state index contributed by atoms with van der Waals surface area (Å²) in [7, 11) is 0. The van der Waals surface area contributed by atoms with Gasteiger partial charge in [0.05, 0.1) is 11.7 Å². The first-order valence-electron chi connectivity index (χ1n) is 6.76. The van der Waals surface area contributed by atoms with Crippen molar-refractivity contribution in [2.45, 2.75) is 45.3 Å². The maximum atomic E-state index is 13.7. The molecule has 3 nitrogen and oxygen atoms in total. The van der Waals surface area contributed by atoms with E-state index in [1.807, 2.05) is 6.92 Å². The highest BCUT2D eigenvalue weighted by Gasteiger charge is 2.34. The fraction of sp³-hybridized carbons (Fsp3) is 0.533. The van der Waals surface area contributed by atoms with Crippen molar-refractivity contribution in [3.8, 4) is 0 Å². The monoisotopic (exact) mass is 265 g/mol. The fourth-order valence-electron chi connectivity index (χ4n) is 2.56. The molecule has 1 atom stereocenters. The maximum Gasteiger partial charge on any atom is 0.254 e. The molecule has 0 saturated heterocycles. The zero-order chi connectivity index (χ0) is 14.0. The molecule has 2 N–H and O–H groups in total. The van der Waals surface area contributed by atoms with E-state index in [0.717, 1.165) is 24.8 Å². The molecule has 0 heterocycles. The number of rotatable bonds is 4. The van der Waals surface area contributed by atoms with Gasteiger partial charge in [-0.2, -0.15) is 0 Å². The van der Waals surface area contributed by atoms with Gasteiger partial charge in [-0.05, 0) is 49.8 Å². The topological polar surface area (TPSA) is 49.3 Å². The largest absolute Gasteiger partial charge is 0.393 e. The number of carbonyl (C=O) groups excluding carboxylic acids is 1. The van der Waals surface area contributed by atoms with Gasteiger partial charge in [0.2, 0.25) is 0 Å². The number of hydrogen-bond donors (Lipinski definition) is 2. The van der Waals surface area contributed by atoms with E-state index in [9.17, 15) is 14.3 Å². The molecule has 19 heavy (non-hydrogen) atoms. The highest BCUT2D eigenvalue weighted by molar-refractivity contribution is 5.94. The molecule has 1 aliphatic carbocycles. The number of aryl methyl sites for hydroxylation is 1. The van der Waals surface area contributed by atoms with E-state index in [-0.39, 0.29) is 23.6 Å². The van der Waals surface area contributed by atoms with Gasteiger partial charge in [0.15, 0.2) is 0 Å². The Kier molecular flexibility index (Phi) is 4.20. The standard InChI is InChI=1S/C15H20FNO2/c1-3-14(10-7-11(18)8-10)17-15(19)12-5-4-9(2)6-13(12)16/h4-6,10-11,14,18H,3,7-8H2,1-2H3,(H,17,19)/t10?,11?,14-/m0/s1. The van der Waals surface area contributed by atoms with Crippen molar-refractivity contribution in [1.29, 1.82) is 0 Å². The smallest absolute Gasteiger partial charge is 0.254 e. The van der Waals surface area contributed by atoms with Gasteiger partial charge in [-0.15, -0.1) is 0 Å². The second-order valence-electron chi connectivity index (χ2n) is 5.36. The van der Waals surface area contributed by atoms with Crippen LogP contribution in [-0.4, -0.2) is 23.2 Å². The molecular weight excluding hydrogens is 245 g/mol. The lowest BCUT2D eigenvalue weighted by molar-refractivity contribution is 0.0232. The average molecular weight is 265 g/mol. The first-order chi connectivity index (χ1) is 9.01. The minimum Gasteiger partial charge on any atom is -0.393 e. The van der Waals surface area contributed by atoms with Gasteiger partial charge in [-0.25, -0.2) is 4.39 Å². The molecule has 1 aromatic rings. The van der Waals surface area contributed by atoms with Gasteiger partial charge in [-0.1, -0.05) is 13.0 Å². The van der Waals surface area contributed by atoms with Crippen LogP contribution in [0.5, 0.6) is 0 Å². The summed E-state index contributed by atoms with van der Waals surface area (Å²) in [6.45, 7) is 3.77. The first kappa shape index (κ1) is 14.0. The molecule has 104 valence electrons. The lowest BCUT2D eigenvalue weighted by Crippen LogP contribution is -2.46. The van der Waals surface area contributed by atoms with Crippen molar-refractivity contribution < 1.29 is 14.3 Å². The zero-order valence-corrected chi connectivity index (χ0v) is 11.3. The lowest BCUT2D eigenvalue weighted by Gasteiger charge is -2.37. The summed E-state index contributed by atoms with van der Waals surface area (Å²) in [5.41, 5.74) is 0.882. The first-order valence-corrected chi connectivity index (χ1v) is 6.76. The molecule has 2 rings (SSSR count). The van der Waals surface area contributed by atoms with Crippen LogP contribution < -0.4 is 5.32 Å². The highest BCUT2D eigenvalue weighted by atomic mass is 19.1. The van der Waals surface area contributed by atoms with Crippen molar-refractivity contribution >= 4 is 5.91 Å². The van der Waals surface area contributed by atoms with Crippen LogP contribution in [0, 0.1) is 18.7 Å². The Labute approximate surface area is 112 Å². The molecule has 1 aliphatic rings. The minimum atomic E-state index is -0.485. The molecule has 0 bridgehead atoms. The summed E-state index contributed by atoms with van der Waals surface area (Å²) < 4.78 is 13.7. The second kappa shape index (κ2) is 5.70. The summed E-state index contributed by atoms with van der Waals surface area (Å²) in [6.07, 6.45) is 1.98. The number of aliphatic hydroxyl groups is 1. The molecule has 1 fully saturated rings. The number of halogens is 1. The van der Waals surface area contributed by atoms with Gasteiger partial charge in [0.1, 0.15) is 5.82 Å². The van der Waals surface area contributed by atoms with Crippen LogP contribution in [0.4, 0.5) is 4.39 Å². The van der Waals surface area contributed by atoms with Crippen molar-refractivity contribution in [2.24, 2.45) is 5.92 Å². The molecular formula is C15H20FNO2. The molecule has 0 aliphatic heterocycles. The van der Waals surface area contributed by atoms with Gasteiger partial charge in [0, 0.05) is 6.04 Å². The van der Waals surface area contributed by atoms with Crippen molar-refractivity contribution in [1.82, 2.24) is 5.32 Å². The van der Waals surface area contributed by atoms with E-state index >= 15 is 0 Å². The Hall–Kier alpha value is -1.42. The van der Waals surface area contributed by atoms with Crippen LogP contribution >= 0.6 is 0 Å². The Morgan fingerprint density at radius 1 is 1.53 bits per heavy atom. The van der Waals surface area contributed by atoms with Crippen molar-refractivity contribution in [3.05, 3.63) is 35.1 Å². The number of hydrogen-bond acceptors (Lipinski definition) is 2. The number of carbonyl (C=O) groups is 1. The molecule has 0 aromatic heterocycles. The Bertz CT molecular complexity index is 469. The Balaban J connectivity index is 2.03. The molecule has 4 heteroatoms. The van der Waals surface area contributed by atoms with E-state index in [1.165, 1.54) is 12.1 Å². The van der Waals surface area contributed by atoms with E-state index in [1.54, 1.807) is 13.0 Å². The van der Waals surface area contributed by atoms with Gasteiger partial charge < -0.3 is 10.4 Å². The second-order valence-corrected chi connectivity index (χ2v) is 5.36. The Morgan fingerprint density at radius 3 is 2.74 bits per heavy atom. The zero-order valence-electron chi connectivity index (χ0n) is 11.3. The molecule has 0 radical (unpaired) electrons. The number of benzene rings is 1. The third-order valence-corrected chi connectivity index (χ3v) is 3.84. The van der Waals surface area contributed by atoms with Crippen LogP contribution in [-0.2, 0) is 0 Å². The molecule has 0 unspecified atom stereocenters. The summed E-state index contributed by atoms with van der Waals surface area (Å²) >= 11 is 0. The van der Waals surface area contributed by atoms with Crippen LogP contribution in [0.2, 0.25) is 0 Å². The average Bonchev–Trinajstić information content (AvgIpc) is 2.32. The molecule has 1 amide bonds. The fourth-order valence-corrected chi connectivity index (χ4v) is 2.56. The number of amides is 1. The van der Waals surface area contributed by atoms with Gasteiger partial charge in [-0.3, -0.25) is 4.79 Å². The molecule has 1 aromatic carbocycles. The van der Waals surface area contributed by atoms with Crippen molar-refractivity contribution in [3.63, 3.8) is 0 Å². The van der Waals surface area contributed by atoms with E-state index in [4.69, 9.17) is 0 Å².